The van der Waals surface area contributed by atoms with Gasteiger partial charge in [0, 0.05) is 12.1 Å². The summed E-state index contributed by atoms with van der Waals surface area (Å²) in [7, 11) is -5.13. The van der Waals surface area contributed by atoms with E-state index in [1.165, 1.54) is 36.4 Å². The van der Waals surface area contributed by atoms with Crippen LogP contribution >= 0.6 is 7.82 Å². The second-order valence-electron chi connectivity index (χ2n) is 4.01. The highest BCUT2D eigenvalue weighted by Gasteiger charge is 2.10. The normalized spacial score (nSPS) is 10.8. The van der Waals surface area contributed by atoms with Gasteiger partial charge in [-0.2, -0.15) is 0 Å². The predicted octanol–water partition coefficient (Wildman–Crippen LogP) is 1.25. The molecule has 8 N–H and O–H groups in total. The van der Waals surface area contributed by atoms with Crippen molar-refractivity contribution in [3.05, 3.63) is 46.6 Å². The van der Waals surface area contributed by atoms with E-state index < -0.39 is 7.82 Å². The number of fused-ring (bicyclic) bond motifs is 2. The van der Waals surface area contributed by atoms with Crippen LogP contribution in [-0.4, -0.2) is 4.98 Å². The molecule has 0 radical (unpaired) electrons. The summed E-state index contributed by atoms with van der Waals surface area (Å²) in [5, 5.41) is 0. The van der Waals surface area contributed by atoms with Crippen molar-refractivity contribution in [2.24, 2.45) is 0 Å². The maximum absolute atomic E-state index is 11.2. The van der Waals surface area contributed by atoms with E-state index in [4.69, 9.17) is 4.42 Å². The Morgan fingerprint density at radius 3 is 2.50 bits per heavy atom. The van der Waals surface area contributed by atoms with Gasteiger partial charge >= 0.3 is 0 Å². The van der Waals surface area contributed by atoms with Crippen molar-refractivity contribution in [1.82, 2.24) is 17.3 Å². The third-order valence-electron chi connectivity index (χ3n) is 2.54. The van der Waals surface area contributed by atoms with Gasteiger partial charge in [0.2, 0.25) is 0 Å². The topological polar surface area (TPSA) is 189 Å². The summed E-state index contributed by atoms with van der Waals surface area (Å²) in [5.74, 6) is 0.0867. The molecule has 0 atom stereocenters. The Hall–Kier alpha value is -2.29. The zero-order valence-electron chi connectivity index (χ0n) is 11.8. The Morgan fingerprint density at radius 2 is 1.82 bits per heavy atom. The van der Waals surface area contributed by atoms with E-state index in [-0.39, 0.29) is 34.8 Å². The smallest absolute Gasteiger partial charge is 0.182 e. The SMILES string of the molecule is O=c1ccc2nc3ccc(OP(=O)([O-])[O-])cc3oc-2c1.[NH4+].[NH4+]. The van der Waals surface area contributed by atoms with E-state index in [2.05, 4.69) is 9.51 Å². The van der Waals surface area contributed by atoms with Crippen LogP contribution in [0.4, 0.5) is 0 Å². The lowest BCUT2D eigenvalue weighted by Crippen LogP contribution is -2.18. The van der Waals surface area contributed by atoms with Gasteiger partial charge in [0.15, 0.2) is 16.8 Å². The average molecular weight is 327 g/mol. The maximum Gasteiger partial charge on any atom is 0.182 e. The van der Waals surface area contributed by atoms with Crippen molar-refractivity contribution in [1.29, 1.82) is 0 Å². The second kappa shape index (κ2) is 6.22. The van der Waals surface area contributed by atoms with Crippen LogP contribution in [0.25, 0.3) is 22.6 Å². The van der Waals surface area contributed by atoms with Crippen molar-refractivity contribution in [3.8, 4) is 17.2 Å². The molecule has 1 aromatic carbocycles. The standard InChI is InChI=1S/C12H8NO6P.2H3N/c14-7-1-3-9-11(5-7)18-12-6-8(19-20(15,16)17)2-4-10(12)13-9;;/h1-6H,(H2,15,16,17);2*1H3. The number of phosphoric acid groups is 1. The summed E-state index contributed by atoms with van der Waals surface area (Å²) in [6.45, 7) is 0. The first-order chi connectivity index (χ1) is 9.40. The van der Waals surface area contributed by atoms with Gasteiger partial charge in [0.05, 0.1) is 0 Å². The van der Waals surface area contributed by atoms with Crippen molar-refractivity contribution in [2.45, 2.75) is 0 Å². The summed E-state index contributed by atoms with van der Waals surface area (Å²) in [5.41, 5.74) is 0.895. The molecule has 0 aromatic heterocycles. The number of rotatable bonds is 2. The maximum atomic E-state index is 11.2. The van der Waals surface area contributed by atoms with Crippen LogP contribution in [0.5, 0.6) is 5.75 Å². The van der Waals surface area contributed by atoms with Gasteiger partial charge in [-0.3, -0.25) is 4.79 Å². The fourth-order valence-electron chi connectivity index (χ4n) is 1.77. The highest BCUT2D eigenvalue weighted by molar-refractivity contribution is 7.43. The Morgan fingerprint density at radius 1 is 1.09 bits per heavy atom. The second-order valence-corrected chi connectivity index (χ2v) is 5.09. The summed E-state index contributed by atoms with van der Waals surface area (Å²) >= 11 is 0. The highest BCUT2D eigenvalue weighted by atomic mass is 31.2. The number of hydrogen-bond acceptors (Lipinski definition) is 7. The van der Waals surface area contributed by atoms with E-state index in [0.717, 1.165) is 0 Å². The number of aromatic nitrogens is 1. The van der Waals surface area contributed by atoms with Crippen LogP contribution < -0.4 is 32.0 Å². The zero-order chi connectivity index (χ0) is 14.3. The van der Waals surface area contributed by atoms with Crippen molar-refractivity contribution >= 4 is 18.9 Å². The Labute approximate surface area is 124 Å². The molecule has 118 valence electrons. The first-order valence-electron chi connectivity index (χ1n) is 5.47. The Balaban J connectivity index is 0.00000121. The van der Waals surface area contributed by atoms with Crippen LogP contribution in [0, 0.1) is 0 Å². The third-order valence-corrected chi connectivity index (χ3v) is 2.98. The summed E-state index contributed by atoms with van der Waals surface area (Å²) in [6, 6.07) is 8.12. The van der Waals surface area contributed by atoms with Gasteiger partial charge in [-0.05, 0) is 24.3 Å². The van der Waals surface area contributed by atoms with Crippen LogP contribution in [0.15, 0.2) is 45.6 Å². The van der Waals surface area contributed by atoms with E-state index in [0.29, 0.717) is 11.2 Å². The molecule has 2 aliphatic rings. The van der Waals surface area contributed by atoms with E-state index in [1.807, 2.05) is 0 Å². The minimum atomic E-state index is -5.13. The molecule has 22 heavy (non-hydrogen) atoms. The molecule has 0 spiro atoms. The van der Waals surface area contributed by atoms with Crippen molar-refractivity contribution in [3.63, 3.8) is 0 Å². The molecule has 0 amide bonds. The van der Waals surface area contributed by atoms with Gasteiger partial charge in [-0.1, -0.05) is 0 Å². The highest BCUT2D eigenvalue weighted by Crippen LogP contribution is 2.32. The Kier molecular flexibility index (Phi) is 5.02. The van der Waals surface area contributed by atoms with Crippen LogP contribution in [0.3, 0.4) is 0 Å². The molecule has 0 fully saturated rings. The van der Waals surface area contributed by atoms with Crippen LogP contribution in [0.2, 0.25) is 0 Å². The zero-order valence-corrected chi connectivity index (χ0v) is 12.7. The van der Waals surface area contributed by atoms with Crippen LogP contribution in [0.1, 0.15) is 0 Å². The average Bonchev–Trinajstić information content (AvgIpc) is 2.34. The molecule has 10 heteroatoms. The third kappa shape index (κ3) is 3.67. The predicted molar refractivity (Wildman–Crippen MR) is 77.1 cm³/mol. The fourth-order valence-corrected chi connectivity index (χ4v) is 2.14. The molecule has 1 aliphatic heterocycles. The molecule has 1 aromatic rings. The quantitative estimate of drug-likeness (QED) is 0.522. The molecule has 0 unspecified atom stereocenters. The van der Waals surface area contributed by atoms with Crippen LogP contribution in [-0.2, 0) is 4.57 Å². The molecular formula is C12H14N3O6P. The molecule has 0 bridgehead atoms. The monoisotopic (exact) mass is 327 g/mol. The number of quaternary nitrogens is 2. The number of hydrogen-bond donors (Lipinski definition) is 2. The number of benzene rings is 2. The van der Waals surface area contributed by atoms with E-state index in [9.17, 15) is 19.1 Å². The van der Waals surface area contributed by atoms with Gasteiger partial charge in [0.25, 0.3) is 0 Å². The molecule has 3 rings (SSSR count). The molecule has 1 aliphatic carbocycles. The lowest BCUT2D eigenvalue weighted by Gasteiger charge is -2.28. The first-order valence-corrected chi connectivity index (χ1v) is 6.93. The molecule has 0 saturated heterocycles. The van der Waals surface area contributed by atoms with E-state index >= 15 is 0 Å². The minimum absolute atomic E-state index is 0. The number of nitrogens with zero attached hydrogens (tertiary/aromatic N) is 1. The van der Waals surface area contributed by atoms with Crippen molar-refractivity contribution in [2.75, 3.05) is 0 Å². The minimum Gasteiger partial charge on any atom is -0.780 e. The molecule has 9 nitrogen and oxygen atoms in total. The lowest BCUT2D eigenvalue weighted by atomic mass is 10.2. The number of phosphoric ester groups is 1. The fraction of sp³-hybridized carbons (Fsp3) is 0. The molecule has 0 saturated carbocycles. The largest absolute Gasteiger partial charge is 0.780 e. The molecule has 1 heterocycles. The first kappa shape index (κ1) is 17.8. The van der Waals surface area contributed by atoms with Gasteiger partial charge in [0.1, 0.15) is 24.8 Å². The van der Waals surface area contributed by atoms with Crippen molar-refractivity contribution < 1.29 is 23.3 Å². The summed E-state index contributed by atoms with van der Waals surface area (Å²) < 4.78 is 20.2. The van der Waals surface area contributed by atoms with E-state index in [1.54, 1.807) is 0 Å². The summed E-state index contributed by atoms with van der Waals surface area (Å²) in [6.07, 6.45) is 0. The van der Waals surface area contributed by atoms with Gasteiger partial charge < -0.3 is 35.6 Å². The molecular weight excluding hydrogens is 313 g/mol. The summed E-state index contributed by atoms with van der Waals surface area (Å²) in [4.78, 5) is 36.6. The Bertz CT molecular complexity index is 874. The van der Waals surface area contributed by atoms with Gasteiger partial charge in [-0.25, -0.2) is 4.98 Å². The lowest BCUT2D eigenvalue weighted by molar-refractivity contribution is -0.333. The van der Waals surface area contributed by atoms with Gasteiger partial charge in [-0.15, -0.1) is 0 Å².